The van der Waals surface area contributed by atoms with Gasteiger partial charge in [-0.3, -0.25) is 0 Å². The predicted molar refractivity (Wildman–Crippen MR) is 73.3 cm³/mol. The normalized spacial score (nSPS) is 17.3. The van der Waals surface area contributed by atoms with Crippen LogP contribution in [-0.4, -0.2) is 46.3 Å². The first kappa shape index (κ1) is 14.3. The molecule has 19 heavy (non-hydrogen) atoms. The number of hydrogen-bond acceptors (Lipinski definition) is 5. The van der Waals surface area contributed by atoms with Gasteiger partial charge in [-0.25, -0.2) is 18.1 Å². The second-order valence-corrected chi connectivity index (χ2v) is 6.00. The van der Waals surface area contributed by atoms with Crippen molar-refractivity contribution < 1.29 is 13.2 Å². The topological polar surface area (TPSA) is 70.7 Å². The zero-order chi connectivity index (χ0) is 13.7. The molecule has 2 rings (SSSR count). The molecule has 106 valence electrons. The first-order chi connectivity index (χ1) is 9.12. The molecular formula is C12H19N3O3S. The molecule has 1 saturated heterocycles. The van der Waals surface area contributed by atoms with Crippen molar-refractivity contribution in [2.24, 2.45) is 0 Å². The second-order valence-electron chi connectivity index (χ2n) is 4.24. The van der Waals surface area contributed by atoms with E-state index in [1.165, 1.54) is 0 Å². The van der Waals surface area contributed by atoms with Crippen molar-refractivity contribution in [2.45, 2.75) is 11.8 Å². The molecule has 6 nitrogen and oxygen atoms in total. The van der Waals surface area contributed by atoms with Crippen LogP contribution in [0.2, 0.25) is 0 Å². The van der Waals surface area contributed by atoms with Gasteiger partial charge in [-0.2, -0.15) is 0 Å². The minimum Gasteiger partial charge on any atom is -0.379 e. The van der Waals surface area contributed by atoms with Gasteiger partial charge in [0.05, 0.1) is 18.1 Å². The summed E-state index contributed by atoms with van der Waals surface area (Å²) in [5.41, 5.74) is 4.10. The lowest BCUT2D eigenvalue weighted by molar-refractivity contribution is 0.0497. The summed E-state index contributed by atoms with van der Waals surface area (Å²) >= 11 is 0. The third kappa shape index (κ3) is 3.90. The van der Waals surface area contributed by atoms with Crippen molar-refractivity contribution in [2.75, 3.05) is 38.3 Å². The molecule has 0 atom stereocenters. The van der Waals surface area contributed by atoms with Crippen LogP contribution in [0.25, 0.3) is 0 Å². The predicted octanol–water partition coefficient (Wildman–Crippen LogP) is 0.644. The van der Waals surface area contributed by atoms with Crippen LogP contribution in [0.4, 0.5) is 5.69 Å². The van der Waals surface area contributed by atoms with Crippen molar-refractivity contribution >= 4 is 15.7 Å². The Kier molecular flexibility index (Phi) is 4.76. The van der Waals surface area contributed by atoms with E-state index in [0.717, 1.165) is 18.8 Å². The highest BCUT2D eigenvalue weighted by Crippen LogP contribution is 2.14. The Balaban J connectivity index is 2.01. The minimum absolute atomic E-state index is 0.280. The van der Waals surface area contributed by atoms with Crippen LogP contribution in [0.5, 0.6) is 0 Å². The smallest absolute Gasteiger partial charge is 0.240 e. The van der Waals surface area contributed by atoms with Gasteiger partial charge in [0.2, 0.25) is 10.0 Å². The molecule has 1 aromatic rings. The van der Waals surface area contributed by atoms with E-state index < -0.39 is 10.0 Å². The molecule has 0 unspecified atom stereocenters. The molecule has 0 radical (unpaired) electrons. The Labute approximate surface area is 113 Å². The van der Waals surface area contributed by atoms with Crippen molar-refractivity contribution in [3.05, 3.63) is 24.3 Å². The van der Waals surface area contributed by atoms with E-state index in [0.29, 0.717) is 19.8 Å². The van der Waals surface area contributed by atoms with E-state index in [4.69, 9.17) is 4.74 Å². The molecule has 0 amide bonds. The third-order valence-corrected chi connectivity index (χ3v) is 4.36. The van der Waals surface area contributed by atoms with Crippen molar-refractivity contribution in [3.63, 3.8) is 0 Å². The van der Waals surface area contributed by atoms with Gasteiger partial charge >= 0.3 is 0 Å². The summed E-state index contributed by atoms with van der Waals surface area (Å²) in [6.45, 7) is 5.19. The Morgan fingerprint density at radius 1 is 1.21 bits per heavy atom. The molecule has 1 fully saturated rings. The summed E-state index contributed by atoms with van der Waals surface area (Å²) in [5, 5.41) is 2.05. The Hall–Kier alpha value is -1.15. The number of ether oxygens (including phenoxy) is 1. The maximum absolute atomic E-state index is 11.8. The maximum Gasteiger partial charge on any atom is 0.240 e. The molecule has 1 aliphatic heterocycles. The third-order valence-electron chi connectivity index (χ3n) is 2.80. The van der Waals surface area contributed by atoms with Gasteiger partial charge in [-0.05, 0) is 24.3 Å². The Morgan fingerprint density at radius 3 is 2.42 bits per heavy atom. The van der Waals surface area contributed by atoms with Gasteiger partial charge in [0.15, 0.2) is 0 Å². The molecule has 0 spiro atoms. The maximum atomic E-state index is 11.8. The number of anilines is 1. The number of hydrazine groups is 1. The molecule has 0 bridgehead atoms. The van der Waals surface area contributed by atoms with Crippen LogP contribution in [0.1, 0.15) is 6.92 Å². The second kappa shape index (κ2) is 6.33. The fraction of sp³-hybridized carbons (Fsp3) is 0.500. The van der Waals surface area contributed by atoms with E-state index in [2.05, 4.69) is 15.2 Å². The highest BCUT2D eigenvalue weighted by atomic mass is 32.2. The molecule has 1 aromatic carbocycles. The molecule has 1 heterocycles. The Bertz CT molecular complexity index is 495. The van der Waals surface area contributed by atoms with Crippen molar-refractivity contribution in [3.8, 4) is 0 Å². The molecule has 1 aliphatic rings. The summed E-state index contributed by atoms with van der Waals surface area (Å²) in [6, 6.07) is 6.72. The van der Waals surface area contributed by atoms with Crippen LogP contribution < -0.4 is 10.1 Å². The first-order valence-corrected chi connectivity index (χ1v) is 7.79. The minimum atomic E-state index is -3.37. The number of benzene rings is 1. The van der Waals surface area contributed by atoms with Crippen LogP contribution in [-0.2, 0) is 14.8 Å². The van der Waals surface area contributed by atoms with E-state index in [-0.39, 0.29) is 4.90 Å². The molecule has 0 aliphatic carbocycles. The molecule has 2 N–H and O–H groups in total. The number of nitrogens with zero attached hydrogens (tertiary/aromatic N) is 1. The fourth-order valence-corrected chi connectivity index (χ4v) is 2.88. The van der Waals surface area contributed by atoms with Crippen LogP contribution in [0.3, 0.4) is 0 Å². The number of morpholine rings is 1. The highest BCUT2D eigenvalue weighted by Gasteiger charge is 2.13. The SMILES string of the molecule is CCNS(=O)(=O)c1ccc(NN2CCOCC2)cc1. The van der Waals surface area contributed by atoms with E-state index in [1.54, 1.807) is 31.2 Å². The summed E-state index contributed by atoms with van der Waals surface area (Å²) < 4.78 is 31.3. The van der Waals surface area contributed by atoms with Crippen LogP contribution in [0, 0.1) is 0 Å². The zero-order valence-corrected chi connectivity index (χ0v) is 11.7. The zero-order valence-electron chi connectivity index (χ0n) is 10.9. The molecule has 0 aromatic heterocycles. The molecule has 0 saturated carbocycles. The average molecular weight is 285 g/mol. The van der Waals surface area contributed by atoms with Crippen molar-refractivity contribution in [1.82, 2.24) is 9.73 Å². The lowest BCUT2D eigenvalue weighted by atomic mass is 10.3. The summed E-state index contributed by atoms with van der Waals surface area (Å²) in [6.07, 6.45) is 0. The van der Waals surface area contributed by atoms with Crippen molar-refractivity contribution in [1.29, 1.82) is 0 Å². The summed E-state index contributed by atoms with van der Waals surface area (Å²) in [4.78, 5) is 0.280. The molecule has 7 heteroatoms. The lowest BCUT2D eigenvalue weighted by Crippen LogP contribution is -2.40. The standard InChI is InChI=1S/C12H19N3O3S/c1-2-13-19(16,17)12-5-3-11(4-6-12)14-15-7-9-18-10-8-15/h3-6,13-14H,2,7-10H2,1H3. The van der Waals surface area contributed by atoms with E-state index in [1.807, 2.05) is 0 Å². The lowest BCUT2D eigenvalue weighted by Gasteiger charge is -2.27. The summed E-state index contributed by atoms with van der Waals surface area (Å²) in [7, 11) is -3.37. The van der Waals surface area contributed by atoms with Crippen LogP contribution in [0.15, 0.2) is 29.2 Å². The monoisotopic (exact) mass is 285 g/mol. The first-order valence-electron chi connectivity index (χ1n) is 6.31. The Morgan fingerprint density at radius 2 is 1.84 bits per heavy atom. The number of rotatable bonds is 5. The number of nitrogens with one attached hydrogen (secondary N) is 2. The highest BCUT2D eigenvalue weighted by molar-refractivity contribution is 7.89. The van der Waals surface area contributed by atoms with Gasteiger partial charge in [0.1, 0.15) is 0 Å². The number of sulfonamides is 1. The van der Waals surface area contributed by atoms with Crippen LogP contribution >= 0.6 is 0 Å². The average Bonchev–Trinajstić information content (AvgIpc) is 2.40. The fourth-order valence-electron chi connectivity index (χ4n) is 1.84. The van der Waals surface area contributed by atoms with Gasteiger partial charge in [0, 0.05) is 25.3 Å². The van der Waals surface area contributed by atoms with Gasteiger partial charge < -0.3 is 10.2 Å². The van der Waals surface area contributed by atoms with E-state index in [9.17, 15) is 8.42 Å². The number of hydrogen-bond donors (Lipinski definition) is 2. The molecular weight excluding hydrogens is 266 g/mol. The van der Waals surface area contributed by atoms with E-state index >= 15 is 0 Å². The summed E-state index contributed by atoms with van der Waals surface area (Å²) in [5.74, 6) is 0. The quantitative estimate of drug-likeness (QED) is 0.831. The van der Waals surface area contributed by atoms with Gasteiger partial charge in [-0.15, -0.1) is 0 Å². The van der Waals surface area contributed by atoms with Gasteiger partial charge in [-0.1, -0.05) is 6.92 Å². The largest absolute Gasteiger partial charge is 0.379 e. The van der Waals surface area contributed by atoms with Gasteiger partial charge in [0.25, 0.3) is 0 Å².